The molecule has 0 aliphatic carbocycles. The largest absolute Gasteiger partial charge is 0.493 e. The van der Waals surface area contributed by atoms with E-state index in [0.29, 0.717) is 6.54 Å². The Kier molecular flexibility index (Phi) is 5.60. The summed E-state index contributed by atoms with van der Waals surface area (Å²) in [5.41, 5.74) is 2.47. The number of amides is 1. The van der Waals surface area contributed by atoms with E-state index in [9.17, 15) is 4.79 Å². The first kappa shape index (κ1) is 17.8. The van der Waals surface area contributed by atoms with Crippen LogP contribution in [-0.4, -0.2) is 44.7 Å². The summed E-state index contributed by atoms with van der Waals surface area (Å²) in [6, 6.07) is 8.00. The molecule has 5 nitrogen and oxygen atoms in total. The van der Waals surface area contributed by atoms with Gasteiger partial charge < -0.3 is 14.8 Å². The molecule has 0 saturated carbocycles. The summed E-state index contributed by atoms with van der Waals surface area (Å²) < 4.78 is 10.9. The molecule has 1 aliphatic rings. The van der Waals surface area contributed by atoms with E-state index in [0.717, 1.165) is 35.9 Å². The highest BCUT2D eigenvalue weighted by atomic mass is 32.1. The molecular weight excluding hydrogens is 336 g/mol. The standard InChI is InChI=1S/C19H24N2O3S/c1-4-21-8-7-13-10-16(23-2)17(24-3)11-14(13)15(21)12-20-19(22)18-6-5-9-25-18/h5-6,9-11,15H,4,7-8,12H2,1-3H3,(H,20,22). The molecule has 6 heteroatoms. The molecule has 1 atom stereocenters. The fraction of sp³-hybridized carbons (Fsp3) is 0.421. The van der Waals surface area contributed by atoms with Gasteiger partial charge in [-0.05, 0) is 47.7 Å². The van der Waals surface area contributed by atoms with Crippen LogP contribution in [0.15, 0.2) is 29.6 Å². The normalized spacial score (nSPS) is 17.0. The minimum atomic E-state index is -0.0151. The van der Waals surface area contributed by atoms with Crippen molar-refractivity contribution in [3.63, 3.8) is 0 Å². The topological polar surface area (TPSA) is 50.8 Å². The average molecular weight is 360 g/mol. The molecule has 1 aliphatic heterocycles. The van der Waals surface area contributed by atoms with Gasteiger partial charge in [-0.2, -0.15) is 0 Å². The zero-order valence-electron chi connectivity index (χ0n) is 14.9. The lowest BCUT2D eigenvalue weighted by Crippen LogP contribution is -2.42. The van der Waals surface area contributed by atoms with Crippen LogP contribution in [0.5, 0.6) is 11.5 Å². The third-order valence-electron chi connectivity index (χ3n) is 4.72. The number of ether oxygens (including phenoxy) is 2. The second-order valence-corrected chi connectivity index (χ2v) is 6.94. The minimum absolute atomic E-state index is 0.0151. The fourth-order valence-electron chi connectivity index (χ4n) is 3.38. The summed E-state index contributed by atoms with van der Waals surface area (Å²) in [5, 5.41) is 5.00. The summed E-state index contributed by atoms with van der Waals surface area (Å²) in [6.45, 7) is 4.64. The Balaban J connectivity index is 1.85. The van der Waals surface area contributed by atoms with E-state index in [2.05, 4.69) is 29.3 Å². The number of carbonyl (C=O) groups is 1. The van der Waals surface area contributed by atoms with Crippen LogP contribution in [0.4, 0.5) is 0 Å². The summed E-state index contributed by atoms with van der Waals surface area (Å²) in [6.07, 6.45) is 0.971. The van der Waals surface area contributed by atoms with Gasteiger partial charge in [-0.1, -0.05) is 13.0 Å². The third-order valence-corrected chi connectivity index (χ3v) is 5.59. The van der Waals surface area contributed by atoms with Crippen molar-refractivity contribution in [1.82, 2.24) is 10.2 Å². The summed E-state index contributed by atoms with van der Waals surface area (Å²) in [5.74, 6) is 1.47. The molecule has 1 aromatic heterocycles. The zero-order chi connectivity index (χ0) is 17.8. The highest BCUT2D eigenvalue weighted by Gasteiger charge is 2.28. The van der Waals surface area contributed by atoms with Gasteiger partial charge in [0.2, 0.25) is 0 Å². The van der Waals surface area contributed by atoms with Crippen LogP contribution in [0.2, 0.25) is 0 Å². The second kappa shape index (κ2) is 7.89. The molecule has 0 saturated heterocycles. The van der Waals surface area contributed by atoms with Gasteiger partial charge in [-0.3, -0.25) is 9.69 Å². The number of carbonyl (C=O) groups excluding carboxylic acids is 1. The van der Waals surface area contributed by atoms with Gasteiger partial charge in [0, 0.05) is 13.1 Å². The molecule has 1 aromatic carbocycles. The molecule has 134 valence electrons. The second-order valence-electron chi connectivity index (χ2n) is 5.99. The Bertz CT molecular complexity index is 731. The minimum Gasteiger partial charge on any atom is -0.493 e. The molecule has 25 heavy (non-hydrogen) atoms. The molecule has 0 bridgehead atoms. The molecule has 1 N–H and O–H groups in total. The molecule has 0 fully saturated rings. The number of likely N-dealkylation sites (N-methyl/N-ethyl adjacent to an activating group) is 1. The van der Waals surface area contributed by atoms with Crippen molar-refractivity contribution in [3.8, 4) is 11.5 Å². The summed E-state index contributed by atoms with van der Waals surface area (Å²) >= 11 is 1.46. The van der Waals surface area contributed by atoms with Gasteiger partial charge >= 0.3 is 0 Å². The molecule has 0 spiro atoms. The Labute approximate surface area is 152 Å². The molecule has 2 aromatic rings. The van der Waals surface area contributed by atoms with Crippen LogP contribution in [-0.2, 0) is 6.42 Å². The third kappa shape index (κ3) is 3.65. The van der Waals surface area contributed by atoms with Crippen LogP contribution in [0.25, 0.3) is 0 Å². The lowest BCUT2D eigenvalue weighted by molar-refractivity contribution is 0.0934. The predicted octanol–water partition coefficient (Wildman–Crippen LogP) is 3.11. The monoisotopic (exact) mass is 360 g/mol. The maximum Gasteiger partial charge on any atom is 0.261 e. The van der Waals surface area contributed by atoms with Gasteiger partial charge in [0.05, 0.1) is 25.1 Å². The number of nitrogens with zero attached hydrogens (tertiary/aromatic N) is 1. The number of nitrogens with one attached hydrogen (secondary N) is 1. The van der Waals surface area contributed by atoms with E-state index >= 15 is 0 Å². The SMILES string of the molecule is CCN1CCc2cc(OC)c(OC)cc2C1CNC(=O)c1cccs1. The van der Waals surface area contributed by atoms with Crippen LogP contribution in [0.3, 0.4) is 0 Å². The highest BCUT2D eigenvalue weighted by molar-refractivity contribution is 7.12. The van der Waals surface area contributed by atoms with Gasteiger partial charge in [-0.25, -0.2) is 0 Å². The van der Waals surface area contributed by atoms with E-state index in [-0.39, 0.29) is 11.9 Å². The Morgan fingerprint density at radius 2 is 2.08 bits per heavy atom. The van der Waals surface area contributed by atoms with E-state index in [1.807, 2.05) is 17.5 Å². The van der Waals surface area contributed by atoms with Crippen molar-refractivity contribution in [1.29, 1.82) is 0 Å². The molecule has 1 unspecified atom stereocenters. The number of rotatable bonds is 6. The van der Waals surface area contributed by atoms with E-state index < -0.39 is 0 Å². The highest BCUT2D eigenvalue weighted by Crippen LogP contribution is 2.37. The number of hydrogen-bond acceptors (Lipinski definition) is 5. The molecule has 3 rings (SSSR count). The number of fused-ring (bicyclic) bond motifs is 1. The maximum atomic E-state index is 12.3. The van der Waals surface area contributed by atoms with Gasteiger partial charge in [0.25, 0.3) is 5.91 Å². The van der Waals surface area contributed by atoms with Crippen LogP contribution in [0.1, 0.15) is 33.8 Å². The fourth-order valence-corrected chi connectivity index (χ4v) is 4.02. The smallest absolute Gasteiger partial charge is 0.261 e. The van der Waals surface area contributed by atoms with Crippen LogP contribution < -0.4 is 14.8 Å². The number of methoxy groups -OCH3 is 2. The van der Waals surface area contributed by atoms with E-state index in [1.165, 1.54) is 22.5 Å². The first-order valence-electron chi connectivity index (χ1n) is 8.48. The van der Waals surface area contributed by atoms with Crippen LogP contribution >= 0.6 is 11.3 Å². The van der Waals surface area contributed by atoms with Crippen LogP contribution in [0, 0.1) is 0 Å². The lowest BCUT2D eigenvalue weighted by atomic mass is 9.91. The first-order valence-corrected chi connectivity index (χ1v) is 9.36. The summed E-state index contributed by atoms with van der Waals surface area (Å²) in [4.78, 5) is 15.4. The predicted molar refractivity (Wildman–Crippen MR) is 99.9 cm³/mol. The molecule has 0 radical (unpaired) electrons. The Morgan fingerprint density at radius 3 is 2.72 bits per heavy atom. The van der Waals surface area contributed by atoms with E-state index in [1.54, 1.807) is 14.2 Å². The Hall–Kier alpha value is -2.05. The van der Waals surface area contributed by atoms with E-state index in [4.69, 9.17) is 9.47 Å². The van der Waals surface area contributed by atoms with Crippen molar-refractivity contribution in [2.45, 2.75) is 19.4 Å². The number of benzene rings is 1. The average Bonchev–Trinajstić information content (AvgIpc) is 3.19. The number of thiophene rings is 1. The summed E-state index contributed by atoms with van der Waals surface area (Å²) in [7, 11) is 3.31. The van der Waals surface area contributed by atoms with Gasteiger partial charge in [0.15, 0.2) is 11.5 Å². The first-order chi connectivity index (χ1) is 12.2. The zero-order valence-corrected chi connectivity index (χ0v) is 15.7. The van der Waals surface area contributed by atoms with Gasteiger partial charge in [-0.15, -0.1) is 11.3 Å². The van der Waals surface area contributed by atoms with Crippen molar-refractivity contribution in [2.24, 2.45) is 0 Å². The van der Waals surface area contributed by atoms with Crippen molar-refractivity contribution in [2.75, 3.05) is 33.9 Å². The van der Waals surface area contributed by atoms with Crippen molar-refractivity contribution < 1.29 is 14.3 Å². The van der Waals surface area contributed by atoms with Crippen molar-refractivity contribution >= 4 is 17.2 Å². The Morgan fingerprint density at radius 1 is 1.32 bits per heavy atom. The number of hydrogen-bond donors (Lipinski definition) is 1. The quantitative estimate of drug-likeness (QED) is 0.860. The maximum absolute atomic E-state index is 12.3. The van der Waals surface area contributed by atoms with Gasteiger partial charge in [0.1, 0.15) is 0 Å². The molecular formula is C19H24N2O3S. The molecule has 1 amide bonds. The van der Waals surface area contributed by atoms with Crippen molar-refractivity contribution in [3.05, 3.63) is 45.6 Å². The molecule has 2 heterocycles. The lowest BCUT2D eigenvalue weighted by Gasteiger charge is -2.37.